The van der Waals surface area contributed by atoms with Gasteiger partial charge in [0.2, 0.25) is 0 Å². The van der Waals surface area contributed by atoms with E-state index in [4.69, 9.17) is 11.6 Å². The SMILES string of the molecule is CC(C)CCC(C)Nc1ncc(Br)cc1Cl. The largest absolute Gasteiger partial charge is 0.366 e. The third-order valence-electron chi connectivity index (χ3n) is 2.37. The number of pyridine rings is 1. The first-order chi connectivity index (χ1) is 7.49. The standard InChI is InChI=1S/C12H18BrClN2/c1-8(2)4-5-9(3)16-12-11(14)6-10(13)7-15-12/h6-9H,4-5H2,1-3H3,(H,15,16). The number of hydrogen-bond acceptors (Lipinski definition) is 2. The van der Waals surface area contributed by atoms with Crippen LogP contribution in [0, 0.1) is 5.92 Å². The summed E-state index contributed by atoms with van der Waals surface area (Å²) in [6.07, 6.45) is 4.09. The highest BCUT2D eigenvalue weighted by molar-refractivity contribution is 9.10. The Balaban J connectivity index is 2.52. The molecule has 1 N–H and O–H groups in total. The third-order valence-corrected chi connectivity index (χ3v) is 3.09. The number of rotatable bonds is 5. The fourth-order valence-corrected chi connectivity index (χ4v) is 2.09. The fraction of sp³-hybridized carbons (Fsp3) is 0.583. The van der Waals surface area contributed by atoms with Gasteiger partial charge >= 0.3 is 0 Å². The van der Waals surface area contributed by atoms with Gasteiger partial charge in [-0.2, -0.15) is 0 Å². The summed E-state index contributed by atoms with van der Waals surface area (Å²) in [4.78, 5) is 4.25. The first-order valence-electron chi connectivity index (χ1n) is 5.56. The topological polar surface area (TPSA) is 24.9 Å². The van der Waals surface area contributed by atoms with E-state index in [-0.39, 0.29) is 0 Å². The highest BCUT2D eigenvalue weighted by Gasteiger charge is 2.07. The van der Waals surface area contributed by atoms with Crippen molar-refractivity contribution in [1.82, 2.24) is 4.98 Å². The van der Waals surface area contributed by atoms with E-state index in [9.17, 15) is 0 Å². The van der Waals surface area contributed by atoms with E-state index in [1.54, 1.807) is 6.20 Å². The van der Waals surface area contributed by atoms with E-state index in [2.05, 4.69) is 47.0 Å². The second-order valence-electron chi connectivity index (χ2n) is 4.50. The average molecular weight is 306 g/mol. The number of aromatic nitrogens is 1. The average Bonchev–Trinajstić information content (AvgIpc) is 2.19. The van der Waals surface area contributed by atoms with Crippen molar-refractivity contribution in [2.45, 2.75) is 39.7 Å². The van der Waals surface area contributed by atoms with Crippen molar-refractivity contribution in [3.63, 3.8) is 0 Å². The smallest absolute Gasteiger partial charge is 0.145 e. The number of nitrogens with one attached hydrogen (secondary N) is 1. The summed E-state index contributed by atoms with van der Waals surface area (Å²) in [5.41, 5.74) is 0. The molecule has 90 valence electrons. The van der Waals surface area contributed by atoms with Crippen LogP contribution in [0.1, 0.15) is 33.6 Å². The molecular weight excluding hydrogens is 288 g/mol. The third kappa shape index (κ3) is 4.71. The van der Waals surface area contributed by atoms with Crippen molar-refractivity contribution in [3.8, 4) is 0 Å². The van der Waals surface area contributed by atoms with E-state index < -0.39 is 0 Å². The molecule has 0 saturated heterocycles. The van der Waals surface area contributed by atoms with Gasteiger partial charge in [-0.1, -0.05) is 25.4 Å². The van der Waals surface area contributed by atoms with Crippen molar-refractivity contribution < 1.29 is 0 Å². The second-order valence-corrected chi connectivity index (χ2v) is 5.82. The summed E-state index contributed by atoms with van der Waals surface area (Å²) in [5, 5.41) is 3.99. The molecule has 0 bridgehead atoms. The molecule has 4 heteroatoms. The molecule has 1 rings (SSSR count). The van der Waals surface area contributed by atoms with Crippen LogP contribution in [-0.4, -0.2) is 11.0 Å². The number of hydrogen-bond donors (Lipinski definition) is 1. The van der Waals surface area contributed by atoms with Gasteiger partial charge in [0, 0.05) is 16.7 Å². The zero-order valence-electron chi connectivity index (χ0n) is 9.93. The molecule has 1 aromatic heterocycles. The molecule has 2 nitrogen and oxygen atoms in total. The van der Waals surface area contributed by atoms with Crippen molar-refractivity contribution >= 4 is 33.3 Å². The van der Waals surface area contributed by atoms with Crippen LogP contribution in [0.2, 0.25) is 5.02 Å². The molecule has 0 aromatic carbocycles. The minimum atomic E-state index is 0.397. The Kier molecular flexibility index (Phi) is 5.56. The van der Waals surface area contributed by atoms with Gasteiger partial charge in [-0.05, 0) is 47.7 Å². The molecule has 1 atom stereocenters. The summed E-state index contributed by atoms with van der Waals surface area (Å²) in [6, 6.07) is 2.25. The maximum Gasteiger partial charge on any atom is 0.145 e. The summed E-state index contributed by atoms with van der Waals surface area (Å²) >= 11 is 9.42. The van der Waals surface area contributed by atoms with Gasteiger partial charge in [0.25, 0.3) is 0 Å². The zero-order valence-corrected chi connectivity index (χ0v) is 12.3. The van der Waals surface area contributed by atoms with Crippen molar-refractivity contribution in [2.75, 3.05) is 5.32 Å². The molecule has 0 radical (unpaired) electrons. The number of anilines is 1. The van der Waals surface area contributed by atoms with E-state index in [1.807, 2.05) is 6.07 Å². The Labute approximate surface area is 111 Å². The molecule has 0 aliphatic carbocycles. The van der Waals surface area contributed by atoms with E-state index in [0.29, 0.717) is 11.1 Å². The normalized spacial score (nSPS) is 12.9. The Morgan fingerprint density at radius 1 is 1.38 bits per heavy atom. The molecule has 1 heterocycles. The van der Waals surface area contributed by atoms with Crippen LogP contribution in [0.25, 0.3) is 0 Å². The lowest BCUT2D eigenvalue weighted by molar-refractivity contribution is 0.527. The van der Waals surface area contributed by atoms with E-state index >= 15 is 0 Å². The molecule has 0 aliphatic heterocycles. The van der Waals surface area contributed by atoms with Crippen LogP contribution in [0.15, 0.2) is 16.7 Å². The molecular formula is C12H18BrClN2. The Bertz CT molecular complexity index is 342. The first-order valence-corrected chi connectivity index (χ1v) is 6.73. The van der Waals surface area contributed by atoms with Crippen molar-refractivity contribution in [3.05, 3.63) is 21.8 Å². The molecule has 1 aromatic rings. The summed E-state index contributed by atoms with van der Waals surface area (Å²) in [5.74, 6) is 1.50. The highest BCUT2D eigenvalue weighted by Crippen LogP contribution is 2.24. The maximum atomic E-state index is 6.08. The van der Waals surface area contributed by atoms with Gasteiger partial charge in [0.15, 0.2) is 0 Å². The van der Waals surface area contributed by atoms with Crippen molar-refractivity contribution in [2.24, 2.45) is 5.92 Å². The lowest BCUT2D eigenvalue weighted by Gasteiger charge is -2.16. The van der Waals surface area contributed by atoms with Gasteiger partial charge in [0.05, 0.1) is 5.02 Å². The van der Waals surface area contributed by atoms with Gasteiger partial charge in [-0.15, -0.1) is 0 Å². The quantitative estimate of drug-likeness (QED) is 0.850. The van der Waals surface area contributed by atoms with Crippen LogP contribution < -0.4 is 5.32 Å². The lowest BCUT2D eigenvalue weighted by atomic mass is 10.0. The first kappa shape index (κ1) is 13.8. The van der Waals surface area contributed by atoms with Crippen LogP contribution in [0.3, 0.4) is 0 Å². The minimum absolute atomic E-state index is 0.397. The maximum absolute atomic E-state index is 6.08. The van der Waals surface area contributed by atoms with E-state index in [1.165, 1.54) is 6.42 Å². The Hall–Kier alpha value is -0.280. The molecule has 0 spiro atoms. The van der Waals surface area contributed by atoms with Gasteiger partial charge in [-0.3, -0.25) is 0 Å². The van der Waals surface area contributed by atoms with Crippen LogP contribution in [0.4, 0.5) is 5.82 Å². The van der Waals surface area contributed by atoms with Gasteiger partial charge in [-0.25, -0.2) is 4.98 Å². The fourth-order valence-electron chi connectivity index (χ4n) is 1.41. The van der Waals surface area contributed by atoms with Crippen LogP contribution in [0.5, 0.6) is 0 Å². The van der Waals surface area contributed by atoms with Crippen molar-refractivity contribution in [1.29, 1.82) is 0 Å². The highest BCUT2D eigenvalue weighted by atomic mass is 79.9. The molecule has 0 fully saturated rings. The molecule has 0 saturated carbocycles. The predicted molar refractivity (Wildman–Crippen MR) is 74.1 cm³/mol. The Morgan fingerprint density at radius 2 is 2.06 bits per heavy atom. The van der Waals surface area contributed by atoms with Gasteiger partial charge in [0.1, 0.15) is 5.82 Å². The van der Waals surface area contributed by atoms with Gasteiger partial charge < -0.3 is 5.32 Å². The van der Waals surface area contributed by atoms with Crippen LogP contribution in [-0.2, 0) is 0 Å². The summed E-state index contributed by atoms with van der Waals surface area (Å²) in [7, 11) is 0. The monoisotopic (exact) mass is 304 g/mol. The molecule has 16 heavy (non-hydrogen) atoms. The van der Waals surface area contributed by atoms with Crippen LogP contribution >= 0.6 is 27.5 Å². The number of nitrogens with zero attached hydrogens (tertiary/aromatic N) is 1. The minimum Gasteiger partial charge on any atom is -0.366 e. The lowest BCUT2D eigenvalue weighted by Crippen LogP contribution is -2.16. The molecule has 0 amide bonds. The summed E-state index contributed by atoms with van der Waals surface area (Å²) < 4.78 is 0.901. The number of halogens is 2. The second kappa shape index (κ2) is 6.45. The summed E-state index contributed by atoms with van der Waals surface area (Å²) in [6.45, 7) is 6.62. The molecule has 1 unspecified atom stereocenters. The van der Waals surface area contributed by atoms with E-state index in [0.717, 1.165) is 22.6 Å². The molecule has 0 aliphatic rings. The predicted octanol–water partition coefficient (Wildman–Crippen LogP) is 4.73. The zero-order chi connectivity index (χ0) is 12.1. The Morgan fingerprint density at radius 3 is 2.62 bits per heavy atom.